The van der Waals surface area contributed by atoms with Gasteiger partial charge < -0.3 is 15.2 Å². The first-order valence-electron chi connectivity index (χ1n) is 7.57. The van der Waals surface area contributed by atoms with Gasteiger partial charge in [0, 0.05) is 43.2 Å². The fourth-order valence-corrected chi connectivity index (χ4v) is 2.81. The molecular weight excluding hydrogens is 280 g/mol. The molecule has 0 aliphatic carbocycles. The summed E-state index contributed by atoms with van der Waals surface area (Å²) in [6.45, 7) is 3.43. The van der Waals surface area contributed by atoms with E-state index in [0.717, 1.165) is 24.9 Å². The highest BCUT2D eigenvalue weighted by Crippen LogP contribution is 2.23. The lowest BCUT2D eigenvalue weighted by molar-refractivity contribution is 0.0650. The fourth-order valence-electron chi connectivity index (χ4n) is 2.81. The van der Waals surface area contributed by atoms with Crippen molar-refractivity contribution >= 4 is 5.91 Å². The maximum atomic E-state index is 12.6. The molecule has 6 nitrogen and oxygen atoms in total. The number of aromatic nitrogens is 2. The molecule has 0 spiro atoms. The first-order valence-corrected chi connectivity index (χ1v) is 7.57. The molecule has 2 aromatic heterocycles. The zero-order chi connectivity index (χ0) is 15.5. The predicted octanol–water partition coefficient (Wildman–Crippen LogP) is 1.94. The van der Waals surface area contributed by atoms with Crippen LogP contribution in [0.5, 0.6) is 0 Å². The number of nitrogens with zero attached hydrogens (tertiary/aromatic N) is 3. The monoisotopic (exact) mass is 300 g/mol. The number of carbonyl (C=O) groups excluding carboxylic acids is 1. The van der Waals surface area contributed by atoms with Crippen molar-refractivity contribution in [1.29, 1.82) is 0 Å². The SMILES string of the molecule is C[C@@H](N)[C@H]1CCCN(C(=O)c2cc(-c3ccncc3)on2)C1. The molecule has 0 saturated carbocycles. The van der Waals surface area contributed by atoms with Gasteiger partial charge in [-0.25, -0.2) is 0 Å². The van der Waals surface area contributed by atoms with E-state index in [4.69, 9.17) is 10.3 Å². The van der Waals surface area contributed by atoms with E-state index in [0.29, 0.717) is 23.9 Å². The summed E-state index contributed by atoms with van der Waals surface area (Å²) in [4.78, 5) is 18.3. The quantitative estimate of drug-likeness (QED) is 0.936. The molecular formula is C16H20N4O2. The Balaban J connectivity index is 1.74. The van der Waals surface area contributed by atoms with Gasteiger partial charge in [0.15, 0.2) is 11.5 Å². The average Bonchev–Trinajstić information content (AvgIpc) is 3.05. The predicted molar refractivity (Wildman–Crippen MR) is 82.0 cm³/mol. The summed E-state index contributed by atoms with van der Waals surface area (Å²) < 4.78 is 5.29. The zero-order valence-electron chi connectivity index (χ0n) is 12.6. The standard InChI is InChI=1S/C16H20N4O2/c1-11(17)13-3-2-8-20(10-13)16(21)14-9-15(22-19-14)12-4-6-18-7-5-12/h4-7,9,11,13H,2-3,8,10,17H2,1H3/t11-,13+/m1/s1. The third-order valence-electron chi connectivity index (χ3n) is 4.18. The Kier molecular flexibility index (Phi) is 4.20. The Labute approximate surface area is 129 Å². The Morgan fingerprint density at radius 1 is 1.45 bits per heavy atom. The van der Waals surface area contributed by atoms with Crippen LogP contribution < -0.4 is 5.73 Å². The van der Waals surface area contributed by atoms with Gasteiger partial charge in [0.25, 0.3) is 5.91 Å². The number of likely N-dealkylation sites (tertiary alicyclic amines) is 1. The molecule has 0 unspecified atom stereocenters. The van der Waals surface area contributed by atoms with Gasteiger partial charge in [0.05, 0.1) is 0 Å². The number of hydrogen-bond donors (Lipinski definition) is 1. The first kappa shape index (κ1) is 14.7. The molecule has 2 aromatic rings. The van der Waals surface area contributed by atoms with Gasteiger partial charge in [0.1, 0.15) is 0 Å². The van der Waals surface area contributed by atoms with Crippen molar-refractivity contribution in [2.45, 2.75) is 25.8 Å². The number of hydrogen-bond acceptors (Lipinski definition) is 5. The van der Waals surface area contributed by atoms with Gasteiger partial charge in [0.2, 0.25) is 0 Å². The number of pyridine rings is 1. The number of nitrogens with two attached hydrogens (primary N) is 1. The number of carbonyl (C=O) groups is 1. The van der Waals surface area contributed by atoms with Crippen molar-refractivity contribution in [3.63, 3.8) is 0 Å². The van der Waals surface area contributed by atoms with Crippen molar-refractivity contribution in [3.05, 3.63) is 36.3 Å². The molecule has 3 rings (SSSR count). The van der Waals surface area contributed by atoms with Crippen molar-refractivity contribution in [3.8, 4) is 11.3 Å². The second-order valence-electron chi connectivity index (χ2n) is 5.82. The highest BCUT2D eigenvalue weighted by atomic mass is 16.5. The third-order valence-corrected chi connectivity index (χ3v) is 4.18. The molecule has 22 heavy (non-hydrogen) atoms. The summed E-state index contributed by atoms with van der Waals surface area (Å²) in [5, 5.41) is 3.92. The minimum Gasteiger partial charge on any atom is -0.355 e. The van der Waals surface area contributed by atoms with E-state index in [1.165, 1.54) is 0 Å². The Hall–Kier alpha value is -2.21. The molecule has 116 valence electrons. The van der Waals surface area contributed by atoms with Crippen LogP contribution in [0.2, 0.25) is 0 Å². The maximum absolute atomic E-state index is 12.6. The van der Waals surface area contributed by atoms with Crippen LogP contribution >= 0.6 is 0 Å². The van der Waals surface area contributed by atoms with Crippen molar-refractivity contribution in [1.82, 2.24) is 15.0 Å². The lowest BCUT2D eigenvalue weighted by Crippen LogP contribution is -2.45. The van der Waals surface area contributed by atoms with Crippen LogP contribution in [0.15, 0.2) is 35.1 Å². The molecule has 2 N–H and O–H groups in total. The van der Waals surface area contributed by atoms with E-state index < -0.39 is 0 Å². The molecule has 1 aliphatic rings. The lowest BCUT2D eigenvalue weighted by atomic mass is 9.92. The summed E-state index contributed by atoms with van der Waals surface area (Å²) in [5.74, 6) is 0.838. The molecule has 0 aromatic carbocycles. The fraction of sp³-hybridized carbons (Fsp3) is 0.438. The highest BCUT2D eigenvalue weighted by molar-refractivity contribution is 5.93. The van der Waals surface area contributed by atoms with Crippen molar-refractivity contribution in [2.24, 2.45) is 11.7 Å². The minimum absolute atomic E-state index is 0.0885. The summed E-state index contributed by atoms with van der Waals surface area (Å²) >= 11 is 0. The molecule has 3 heterocycles. The van der Waals surface area contributed by atoms with Gasteiger partial charge in [-0.15, -0.1) is 0 Å². The number of rotatable bonds is 3. The van der Waals surface area contributed by atoms with Crippen molar-refractivity contribution < 1.29 is 9.32 Å². The average molecular weight is 300 g/mol. The van der Waals surface area contributed by atoms with Crippen LogP contribution in [-0.4, -0.2) is 40.1 Å². The minimum atomic E-state index is -0.0885. The van der Waals surface area contributed by atoms with Crippen LogP contribution in [0.4, 0.5) is 0 Å². The lowest BCUT2D eigenvalue weighted by Gasteiger charge is -2.34. The molecule has 0 radical (unpaired) electrons. The normalized spacial score (nSPS) is 19.9. The van der Waals surface area contributed by atoms with Crippen LogP contribution in [-0.2, 0) is 0 Å². The van der Waals surface area contributed by atoms with Gasteiger partial charge in [-0.05, 0) is 37.8 Å². The Bertz CT molecular complexity index is 639. The first-order chi connectivity index (χ1) is 10.6. The van der Waals surface area contributed by atoms with E-state index in [1.54, 1.807) is 18.5 Å². The molecule has 1 fully saturated rings. The second kappa shape index (κ2) is 6.27. The summed E-state index contributed by atoms with van der Waals surface area (Å²) in [7, 11) is 0. The van der Waals surface area contributed by atoms with Crippen LogP contribution in [0.3, 0.4) is 0 Å². The van der Waals surface area contributed by atoms with Crippen LogP contribution in [0.25, 0.3) is 11.3 Å². The zero-order valence-corrected chi connectivity index (χ0v) is 12.6. The van der Waals surface area contributed by atoms with Gasteiger partial charge in [-0.1, -0.05) is 5.16 Å². The smallest absolute Gasteiger partial charge is 0.276 e. The maximum Gasteiger partial charge on any atom is 0.276 e. The summed E-state index contributed by atoms with van der Waals surface area (Å²) in [5.41, 5.74) is 7.17. The van der Waals surface area contributed by atoms with E-state index in [1.807, 2.05) is 24.0 Å². The molecule has 0 bridgehead atoms. The summed E-state index contributed by atoms with van der Waals surface area (Å²) in [6, 6.07) is 5.43. The topological polar surface area (TPSA) is 85.2 Å². The number of amides is 1. The van der Waals surface area contributed by atoms with E-state index in [2.05, 4.69) is 10.1 Å². The molecule has 6 heteroatoms. The molecule has 1 saturated heterocycles. The second-order valence-corrected chi connectivity index (χ2v) is 5.82. The van der Waals surface area contributed by atoms with Crippen LogP contribution in [0.1, 0.15) is 30.3 Å². The molecule has 1 amide bonds. The summed E-state index contributed by atoms with van der Waals surface area (Å²) in [6.07, 6.45) is 5.41. The van der Waals surface area contributed by atoms with Crippen LogP contribution in [0, 0.1) is 5.92 Å². The highest BCUT2D eigenvalue weighted by Gasteiger charge is 2.28. The largest absolute Gasteiger partial charge is 0.355 e. The Morgan fingerprint density at radius 2 is 2.23 bits per heavy atom. The molecule has 1 aliphatic heterocycles. The van der Waals surface area contributed by atoms with E-state index in [-0.39, 0.29) is 11.9 Å². The molecule has 2 atom stereocenters. The van der Waals surface area contributed by atoms with E-state index in [9.17, 15) is 4.79 Å². The third kappa shape index (κ3) is 3.01. The van der Waals surface area contributed by atoms with E-state index >= 15 is 0 Å². The van der Waals surface area contributed by atoms with Gasteiger partial charge >= 0.3 is 0 Å². The van der Waals surface area contributed by atoms with Gasteiger partial charge in [-0.2, -0.15) is 0 Å². The Morgan fingerprint density at radius 3 is 2.95 bits per heavy atom. The number of piperidine rings is 1. The van der Waals surface area contributed by atoms with Crippen molar-refractivity contribution in [2.75, 3.05) is 13.1 Å². The van der Waals surface area contributed by atoms with Gasteiger partial charge in [-0.3, -0.25) is 9.78 Å².